The number of benzene rings is 1. The van der Waals surface area contributed by atoms with Gasteiger partial charge in [-0.1, -0.05) is 46.6 Å². The molecule has 0 saturated carbocycles. The molecule has 2 rings (SSSR count). The van der Waals surface area contributed by atoms with Gasteiger partial charge in [-0.25, -0.2) is 8.42 Å². The Morgan fingerprint density at radius 1 is 1.06 bits per heavy atom. The highest BCUT2D eigenvalue weighted by Crippen LogP contribution is 2.17. The Morgan fingerprint density at radius 2 is 1.71 bits per heavy atom. The van der Waals surface area contributed by atoms with Crippen LogP contribution in [0.1, 0.15) is 70.2 Å². The fraction of sp³-hybridized carbons (Fsp3) is 0.680. The van der Waals surface area contributed by atoms with Crippen molar-refractivity contribution in [3.05, 3.63) is 29.8 Å². The van der Waals surface area contributed by atoms with Crippen molar-refractivity contribution in [1.82, 2.24) is 19.8 Å². The van der Waals surface area contributed by atoms with Gasteiger partial charge in [-0.05, 0) is 63.0 Å². The summed E-state index contributed by atoms with van der Waals surface area (Å²) < 4.78 is 27.0. The van der Waals surface area contributed by atoms with Crippen molar-refractivity contribution in [2.24, 2.45) is 5.92 Å². The monoisotopic (exact) mass is 494 g/mol. The Hall–Kier alpha value is -1.97. The van der Waals surface area contributed by atoms with E-state index in [1.54, 1.807) is 26.0 Å². The van der Waals surface area contributed by atoms with E-state index in [1.165, 1.54) is 42.1 Å². The summed E-state index contributed by atoms with van der Waals surface area (Å²) in [6.07, 6.45) is 5.95. The Morgan fingerprint density at radius 3 is 2.29 bits per heavy atom. The van der Waals surface area contributed by atoms with E-state index in [9.17, 15) is 18.0 Å². The van der Waals surface area contributed by atoms with Crippen LogP contribution in [-0.2, 0) is 14.8 Å². The smallest absolute Gasteiger partial charge is 0.251 e. The minimum absolute atomic E-state index is 0.0721. The third-order valence-electron chi connectivity index (χ3n) is 6.32. The van der Waals surface area contributed by atoms with Crippen molar-refractivity contribution in [3.63, 3.8) is 0 Å². The topological polar surface area (TPSA) is 98.8 Å². The second-order valence-electron chi connectivity index (χ2n) is 9.21. The molecule has 1 heterocycles. The number of carbonyl (C=O) groups excluding carboxylic acids is 2. The minimum Gasteiger partial charge on any atom is -0.354 e. The van der Waals surface area contributed by atoms with Gasteiger partial charge in [-0.2, -0.15) is 4.31 Å². The highest BCUT2D eigenvalue weighted by molar-refractivity contribution is 7.89. The molecule has 9 heteroatoms. The molecule has 1 aromatic carbocycles. The van der Waals surface area contributed by atoms with E-state index in [1.807, 2.05) is 13.8 Å². The summed E-state index contributed by atoms with van der Waals surface area (Å²) in [5.41, 5.74) is 0.216. The highest BCUT2D eigenvalue weighted by atomic mass is 32.2. The predicted octanol–water partition coefficient (Wildman–Crippen LogP) is 2.85. The summed E-state index contributed by atoms with van der Waals surface area (Å²) in [6.45, 7) is 11.8. The molecule has 1 atom stereocenters. The number of nitrogens with one attached hydrogen (secondary N) is 2. The minimum atomic E-state index is -3.67. The van der Waals surface area contributed by atoms with E-state index in [0.717, 1.165) is 26.1 Å². The molecule has 2 amide bonds. The van der Waals surface area contributed by atoms with Gasteiger partial charge in [0.05, 0.1) is 4.90 Å². The number of carbonyl (C=O) groups is 2. The SMILES string of the molecule is CCN(CC)S(=O)(=O)c1cccc(C(=O)NC(C(=O)NCCCN2CCCCCC2)C(C)C)c1. The van der Waals surface area contributed by atoms with Crippen LogP contribution in [0.4, 0.5) is 0 Å². The van der Waals surface area contributed by atoms with Crippen LogP contribution < -0.4 is 10.6 Å². The number of nitrogens with zero attached hydrogens (tertiary/aromatic N) is 2. The molecule has 2 N–H and O–H groups in total. The molecule has 1 fully saturated rings. The first-order valence-electron chi connectivity index (χ1n) is 12.6. The highest BCUT2D eigenvalue weighted by Gasteiger charge is 2.26. The number of hydrogen-bond donors (Lipinski definition) is 2. The lowest BCUT2D eigenvalue weighted by atomic mass is 10.0. The van der Waals surface area contributed by atoms with Crippen molar-refractivity contribution in [2.75, 3.05) is 39.3 Å². The summed E-state index contributed by atoms with van der Waals surface area (Å²) in [5.74, 6) is -0.793. The molecule has 1 saturated heterocycles. The van der Waals surface area contributed by atoms with E-state index >= 15 is 0 Å². The standard InChI is InChI=1S/C25H42N4O4S/c1-5-29(6-2)34(32,33)22-14-11-13-21(19-22)24(30)27-23(20(3)4)25(31)26-15-12-18-28-16-9-7-8-10-17-28/h11,13-14,19-20,23H,5-10,12,15-18H2,1-4H3,(H,26,31)(H,27,30). The summed E-state index contributed by atoms with van der Waals surface area (Å²) >= 11 is 0. The Labute approximate surface area is 205 Å². The van der Waals surface area contributed by atoms with Gasteiger partial charge in [-0.15, -0.1) is 0 Å². The van der Waals surface area contributed by atoms with Gasteiger partial charge in [-0.3, -0.25) is 9.59 Å². The van der Waals surface area contributed by atoms with Gasteiger partial charge in [0.1, 0.15) is 6.04 Å². The van der Waals surface area contributed by atoms with Crippen molar-refractivity contribution in [2.45, 2.75) is 70.7 Å². The average molecular weight is 495 g/mol. The van der Waals surface area contributed by atoms with Gasteiger partial charge in [0, 0.05) is 25.2 Å². The molecule has 0 bridgehead atoms. The lowest BCUT2D eigenvalue weighted by molar-refractivity contribution is -0.123. The molecular formula is C25H42N4O4S. The number of rotatable bonds is 12. The van der Waals surface area contributed by atoms with Gasteiger partial charge in [0.25, 0.3) is 5.91 Å². The van der Waals surface area contributed by atoms with E-state index < -0.39 is 22.0 Å². The van der Waals surface area contributed by atoms with Crippen LogP contribution >= 0.6 is 0 Å². The van der Waals surface area contributed by atoms with Gasteiger partial charge in [0.2, 0.25) is 15.9 Å². The molecule has 1 aliphatic rings. The molecule has 192 valence electrons. The van der Waals surface area contributed by atoms with E-state index in [4.69, 9.17) is 0 Å². The number of likely N-dealkylation sites (tertiary alicyclic amines) is 1. The molecule has 0 aromatic heterocycles. The first-order chi connectivity index (χ1) is 16.2. The van der Waals surface area contributed by atoms with Gasteiger partial charge in [0.15, 0.2) is 0 Å². The molecule has 8 nitrogen and oxygen atoms in total. The molecule has 0 radical (unpaired) electrons. The molecule has 0 spiro atoms. The first-order valence-corrected chi connectivity index (χ1v) is 14.1. The predicted molar refractivity (Wildman–Crippen MR) is 135 cm³/mol. The van der Waals surface area contributed by atoms with Crippen molar-refractivity contribution in [3.8, 4) is 0 Å². The largest absolute Gasteiger partial charge is 0.354 e. The second-order valence-corrected chi connectivity index (χ2v) is 11.2. The zero-order valence-corrected chi connectivity index (χ0v) is 22.0. The third-order valence-corrected chi connectivity index (χ3v) is 8.37. The van der Waals surface area contributed by atoms with Crippen LogP contribution in [0.3, 0.4) is 0 Å². The number of sulfonamides is 1. The van der Waals surface area contributed by atoms with Crippen molar-refractivity contribution in [1.29, 1.82) is 0 Å². The number of amides is 2. The van der Waals surface area contributed by atoms with Crippen molar-refractivity contribution >= 4 is 21.8 Å². The number of hydrogen-bond acceptors (Lipinski definition) is 5. The van der Waals surface area contributed by atoms with E-state index in [2.05, 4.69) is 15.5 Å². The zero-order chi connectivity index (χ0) is 25.1. The molecular weight excluding hydrogens is 452 g/mol. The quantitative estimate of drug-likeness (QED) is 0.436. The molecule has 1 aromatic rings. The van der Waals surface area contributed by atoms with Crippen LogP contribution in [0.15, 0.2) is 29.2 Å². The van der Waals surface area contributed by atoms with Crippen LogP contribution in [-0.4, -0.2) is 74.7 Å². The Kier molecular flexibility index (Phi) is 11.5. The maximum Gasteiger partial charge on any atom is 0.251 e. The lowest BCUT2D eigenvalue weighted by Gasteiger charge is -2.23. The zero-order valence-electron chi connectivity index (χ0n) is 21.2. The van der Waals surface area contributed by atoms with E-state index in [-0.39, 0.29) is 22.3 Å². The Bertz CT molecular complexity index is 892. The van der Waals surface area contributed by atoms with Crippen molar-refractivity contribution < 1.29 is 18.0 Å². The summed E-state index contributed by atoms with van der Waals surface area (Å²) in [4.78, 5) is 28.3. The van der Waals surface area contributed by atoms with E-state index in [0.29, 0.717) is 19.6 Å². The third kappa shape index (κ3) is 8.06. The van der Waals surface area contributed by atoms with Crippen LogP contribution in [0, 0.1) is 5.92 Å². The molecule has 1 aliphatic heterocycles. The van der Waals surface area contributed by atoms with Gasteiger partial charge < -0.3 is 15.5 Å². The molecule has 34 heavy (non-hydrogen) atoms. The fourth-order valence-electron chi connectivity index (χ4n) is 4.25. The average Bonchev–Trinajstić information content (AvgIpc) is 3.09. The van der Waals surface area contributed by atoms with Crippen LogP contribution in [0.25, 0.3) is 0 Å². The van der Waals surface area contributed by atoms with Crippen LogP contribution in [0.5, 0.6) is 0 Å². The Balaban J connectivity index is 1.97. The maximum atomic E-state index is 12.9. The lowest BCUT2D eigenvalue weighted by Crippen LogP contribution is -2.50. The molecule has 1 unspecified atom stereocenters. The second kappa shape index (κ2) is 13.8. The summed E-state index contributed by atoms with van der Waals surface area (Å²) in [6, 6.07) is 5.28. The van der Waals surface area contributed by atoms with Gasteiger partial charge >= 0.3 is 0 Å². The fourth-order valence-corrected chi connectivity index (χ4v) is 5.76. The molecule has 0 aliphatic carbocycles. The summed E-state index contributed by atoms with van der Waals surface area (Å²) in [5, 5.41) is 5.76. The first kappa shape index (κ1) is 28.3. The maximum absolute atomic E-state index is 12.9. The summed E-state index contributed by atoms with van der Waals surface area (Å²) in [7, 11) is -3.67. The van der Waals surface area contributed by atoms with Crippen LogP contribution in [0.2, 0.25) is 0 Å². The normalized spacial score (nSPS) is 16.3.